The molecule has 0 fully saturated rings. The molecule has 2 aromatic rings. The van der Waals surface area contributed by atoms with Crippen molar-refractivity contribution in [1.29, 1.82) is 0 Å². The van der Waals surface area contributed by atoms with Gasteiger partial charge in [0.15, 0.2) is 5.58 Å². The molecular weight excluding hydrogens is 242 g/mol. The molecule has 104 valence electrons. The van der Waals surface area contributed by atoms with Gasteiger partial charge >= 0.3 is 5.76 Å². The molecule has 0 aliphatic rings. The second kappa shape index (κ2) is 5.61. The molecule has 0 amide bonds. The van der Waals surface area contributed by atoms with Crippen molar-refractivity contribution in [3.05, 3.63) is 34.3 Å². The zero-order chi connectivity index (χ0) is 14.0. The highest BCUT2D eigenvalue weighted by Crippen LogP contribution is 2.29. The smallest absolute Gasteiger partial charge is 0.408 e. The first-order valence-corrected chi connectivity index (χ1v) is 6.93. The molecule has 2 rings (SSSR count). The van der Waals surface area contributed by atoms with Crippen molar-refractivity contribution in [2.45, 2.75) is 46.3 Å². The first kappa shape index (κ1) is 13.9. The number of hydrogen-bond donors (Lipinski definition) is 1. The van der Waals surface area contributed by atoms with Crippen molar-refractivity contribution in [3.63, 3.8) is 0 Å². The molecule has 1 aromatic heterocycles. The molecule has 1 unspecified atom stereocenters. The molecule has 0 bridgehead atoms. The third-order valence-electron chi connectivity index (χ3n) is 3.85. The van der Waals surface area contributed by atoms with E-state index in [9.17, 15) is 9.90 Å². The number of oxazole rings is 1. The Balaban J connectivity index is 2.45. The quantitative estimate of drug-likeness (QED) is 0.901. The largest absolute Gasteiger partial charge is 0.419 e. The van der Waals surface area contributed by atoms with Crippen LogP contribution in [0.15, 0.2) is 27.4 Å². The Bertz CT molecular complexity index is 607. The number of aliphatic hydroxyl groups is 1. The van der Waals surface area contributed by atoms with Gasteiger partial charge in [-0.2, -0.15) is 0 Å². The molecular formula is C15H21NO3. The van der Waals surface area contributed by atoms with Crippen molar-refractivity contribution >= 4 is 11.1 Å². The number of aliphatic hydroxyl groups excluding tert-OH is 1. The van der Waals surface area contributed by atoms with E-state index in [1.54, 1.807) is 10.6 Å². The third-order valence-corrected chi connectivity index (χ3v) is 3.85. The predicted molar refractivity (Wildman–Crippen MR) is 75.2 cm³/mol. The summed E-state index contributed by atoms with van der Waals surface area (Å²) in [6.07, 6.45) is 1.35. The van der Waals surface area contributed by atoms with E-state index < -0.39 is 6.10 Å². The maximum atomic E-state index is 11.6. The van der Waals surface area contributed by atoms with E-state index in [1.165, 1.54) is 0 Å². The van der Waals surface area contributed by atoms with Gasteiger partial charge in [0.05, 0.1) is 11.6 Å². The number of rotatable bonds is 5. The zero-order valence-electron chi connectivity index (χ0n) is 11.7. The van der Waals surface area contributed by atoms with Crippen LogP contribution < -0.4 is 5.76 Å². The Kier molecular flexibility index (Phi) is 4.10. The van der Waals surface area contributed by atoms with Crippen LogP contribution in [-0.4, -0.2) is 9.67 Å². The van der Waals surface area contributed by atoms with Crippen LogP contribution in [0.5, 0.6) is 0 Å². The molecule has 1 aromatic carbocycles. The minimum absolute atomic E-state index is 0.234. The molecule has 0 radical (unpaired) electrons. The molecule has 1 atom stereocenters. The number of aryl methyl sites for hydroxylation is 1. The Morgan fingerprint density at radius 1 is 1.26 bits per heavy atom. The van der Waals surface area contributed by atoms with Gasteiger partial charge in [-0.05, 0) is 30.5 Å². The maximum absolute atomic E-state index is 11.6. The fraction of sp³-hybridized carbons (Fsp3) is 0.533. The number of fused-ring (bicyclic) bond motifs is 1. The van der Waals surface area contributed by atoms with Crippen molar-refractivity contribution in [2.24, 2.45) is 5.92 Å². The van der Waals surface area contributed by atoms with Crippen molar-refractivity contribution < 1.29 is 9.52 Å². The molecule has 1 heterocycles. The van der Waals surface area contributed by atoms with Crippen LogP contribution in [-0.2, 0) is 6.54 Å². The van der Waals surface area contributed by atoms with Gasteiger partial charge in [-0.15, -0.1) is 0 Å². The lowest BCUT2D eigenvalue weighted by atomic mass is 9.91. The topological polar surface area (TPSA) is 55.4 Å². The Labute approximate surface area is 112 Å². The fourth-order valence-electron chi connectivity index (χ4n) is 2.57. The molecule has 0 saturated heterocycles. The third kappa shape index (κ3) is 2.45. The van der Waals surface area contributed by atoms with Crippen LogP contribution >= 0.6 is 0 Å². The summed E-state index contributed by atoms with van der Waals surface area (Å²) in [6.45, 7) is 6.64. The van der Waals surface area contributed by atoms with E-state index in [0.717, 1.165) is 23.9 Å². The van der Waals surface area contributed by atoms with Crippen LogP contribution in [0.25, 0.3) is 11.1 Å². The minimum atomic E-state index is -0.505. The lowest BCUT2D eigenvalue weighted by molar-refractivity contribution is 0.103. The fourth-order valence-corrected chi connectivity index (χ4v) is 2.57. The average Bonchev–Trinajstić information content (AvgIpc) is 2.74. The summed E-state index contributed by atoms with van der Waals surface area (Å²) in [6, 6.07) is 5.52. The van der Waals surface area contributed by atoms with Crippen LogP contribution in [0.2, 0.25) is 0 Å². The van der Waals surface area contributed by atoms with E-state index in [-0.39, 0.29) is 11.7 Å². The highest BCUT2D eigenvalue weighted by Gasteiger charge is 2.19. The van der Waals surface area contributed by atoms with Crippen molar-refractivity contribution in [2.75, 3.05) is 0 Å². The molecule has 19 heavy (non-hydrogen) atoms. The lowest BCUT2D eigenvalue weighted by Crippen LogP contribution is -2.12. The highest BCUT2D eigenvalue weighted by atomic mass is 16.4. The van der Waals surface area contributed by atoms with Gasteiger partial charge in [-0.3, -0.25) is 4.57 Å². The summed E-state index contributed by atoms with van der Waals surface area (Å²) in [7, 11) is 0. The van der Waals surface area contributed by atoms with Crippen molar-refractivity contribution in [1.82, 2.24) is 4.57 Å². The standard InChI is InChI=1S/C15H21NO3/c1-4-10(5-2)14(17)11-7-8-12-13(9-11)19-15(18)16(12)6-3/h7-10,14,17H,4-6H2,1-3H3. The summed E-state index contributed by atoms with van der Waals surface area (Å²) in [5.74, 6) is -0.107. The molecule has 4 heteroatoms. The highest BCUT2D eigenvalue weighted by molar-refractivity contribution is 5.73. The number of aromatic nitrogens is 1. The number of hydrogen-bond acceptors (Lipinski definition) is 3. The monoisotopic (exact) mass is 263 g/mol. The lowest BCUT2D eigenvalue weighted by Gasteiger charge is -2.20. The second-order valence-corrected chi connectivity index (χ2v) is 4.86. The summed E-state index contributed by atoms with van der Waals surface area (Å²) in [5.41, 5.74) is 2.15. The van der Waals surface area contributed by atoms with Gasteiger partial charge in [0.25, 0.3) is 0 Å². The van der Waals surface area contributed by atoms with E-state index in [0.29, 0.717) is 12.1 Å². The molecule has 0 aliphatic heterocycles. The zero-order valence-corrected chi connectivity index (χ0v) is 11.7. The summed E-state index contributed by atoms with van der Waals surface area (Å²) < 4.78 is 6.81. The van der Waals surface area contributed by atoms with Gasteiger partial charge in [-0.25, -0.2) is 4.79 Å². The number of benzene rings is 1. The normalized spacial score (nSPS) is 13.3. The van der Waals surface area contributed by atoms with E-state index in [1.807, 2.05) is 19.1 Å². The van der Waals surface area contributed by atoms with Crippen LogP contribution in [0.1, 0.15) is 45.3 Å². The van der Waals surface area contributed by atoms with Crippen LogP contribution in [0, 0.1) is 5.92 Å². The number of nitrogens with zero attached hydrogens (tertiary/aromatic N) is 1. The SMILES string of the molecule is CCC(CC)C(O)c1ccc2c(c1)oc(=O)n2CC. The first-order valence-electron chi connectivity index (χ1n) is 6.93. The Morgan fingerprint density at radius 3 is 2.53 bits per heavy atom. The molecule has 1 N–H and O–H groups in total. The summed E-state index contributed by atoms with van der Waals surface area (Å²) >= 11 is 0. The van der Waals surface area contributed by atoms with Gasteiger partial charge in [0.2, 0.25) is 0 Å². The molecule has 0 spiro atoms. The Morgan fingerprint density at radius 2 is 1.95 bits per heavy atom. The maximum Gasteiger partial charge on any atom is 0.419 e. The van der Waals surface area contributed by atoms with E-state index in [2.05, 4.69) is 13.8 Å². The first-order chi connectivity index (χ1) is 9.12. The van der Waals surface area contributed by atoms with Gasteiger partial charge < -0.3 is 9.52 Å². The Hall–Kier alpha value is -1.55. The van der Waals surface area contributed by atoms with E-state index in [4.69, 9.17) is 4.42 Å². The molecule has 4 nitrogen and oxygen atoms in total. The summed E-state index contributed by atoms with van der Waals surface area (Å²) in [4.78, 5) is 11.6. The van der Waals surface area contributed by atoms with Gasteiger partial charge in [0.1, 0.15) is 0 Å². The predicted octanol–water partition coefficient (Wildman–Crippen LogP) is 3.08. The van der Waals surface area contributed by atoms with Crippen molar-refractivity contribution in [3.8, 4) is 0 Å². The minimum Gasteiger partial charge on any atom is -0.408 e. The second-order valence-electron chi connectivity index (χ2n) is 4.86. The average molecular weight is 263 g/mol. The van der Waals surface area contributed by atoms with Gasteiger partial charge in [0, 0.05) is 6.54 Å². The molecule has 0 saturated carbocycles. The molecule has 0 aliphatic carbocycles. The summed E-state index contributed by atoms with van der Waals surface area (Å²) in [5, 5.41) is 10.3. The van der Waals surface area contributed by atoms with Crippen LogP contribution in [0.3, 0.4) is 0 Å². The van der Waals surface area contributed by atoms with E-state index >= 15 is 0 Å². The van der Waals surface area contributed by atoms with Crippen LogP contribution in [0.4, 0.5) is 0 Å². The van der Waals surface area contributed by atoms with Gasteiger partial charge in [-0.1, -0.05) is 32.8 Å².